The number of halogens is 4. The average Bonchev–Trinajstić information content (AvgIpc) is 2.68. The number of aromatic hydroxyl groups is 2. The summed E-state index contributed by atoms with van der Waals surface area (Å²) in [4.78, 5) is 3.62. The third-order valence-electron chi connectivity index (χ3n) is 3.83. The van der Waals surface area contributed by atoms with E-state index in [4.69, 9.17) is 11.6 Å². The van der Waals surface area contributed by atoms with Crippen molar-refractivity contribution >= 4 is 17.4 Å². The Kier molecular flexibility index (Phi) is 5.41. The van der Waals surface area contributed by atoms with Gasteiger partial charge in [-0.25, -0.2) is 4.98 Å². The van der Waals surface area contributed by atoms with Gasteiger partial charge in [0.25, 0.3) is 0 Å². The Balaban J connectivity index is 2.32. The van der Waals surface area contributed by atoms with Gasteiger partial charge in [-0.05, 0) is 37.8 Å². The van der Waals surface area contributed by atoms with Crippen LogP contribution in [0.3, 0.4) is 0 Å². The fraction of sp³-hybridized carbons (Fsp3) is 0.438. The summed E-state index contributed by atoms with van der Waals surface area (Å²) in [5, 5.41) is 19.8. The summed E-state index contributed by atoms with van der Waals surface area (Å²) < 4.78 is 39.1. The number of hydrogen-bond donors (Lipinski definition) is 3. The fourth-order valence-corrected chi connectivity index (χ4v) is 2.63. The molecule has 3 N–H and O–H groups in total. The van der Waals surface area contributed by atoms with Crippen LogP contribution in [0.5, 0.6) is 11.8 Å². The zero-order chi connectivity index (χ0) is 18.9. The van der Waals surface area contributed by atoms with E-state index in [2.05, 4.69) is 10.4 Å². The maximum absolute atomic E-state index is 12.7. The van der Waals surface area contributed by atoms with E-state index in [1.807, 2.05) is 13.8 Å². The molecule has 0 atom stereocenters. The van der Waals surface area contributed by atoms with Crippen molar-refractivity contribution in [1.82, 2.24) is 9.66 Å². The number of alkyl halides is 3. The van der Waals surface area contributed by atoms with E-state index in [9.17, 15) is 23.4 Å². The normalized spacial score (nSPS) is 12.0. The summed E-state index contributed by atoms with van der Waals surface area (Å²) >= 11 is 5.58. The summed E-state index contributed by atoms with van der Waals surface area (Å²) in [5.74, 6) is -0.0933. The van der Waals surface area contributed by atoms with Crippen LogP contribution in [0.2, 0.25) is 5.15 Å². The van der Waals surface area contributed by atoms with Gasteiger partial charge in [-0.2, -0.15) is 17.8 Å². The van der Waals surface area contributed by atoms with Crippen molar-refractivity contribution < 1.29 is 23.4 Å². The molecule has 0 fully saturated rings. The van der Waals surface area contributed by atoms with E-state index in [1.165, 1.54) is 0 Å². The number of hydrogen-bond acceptors (Lipinski definition) is 4. The highest BCUT2D eigenvalue weighted by atomic mass is 35.5. The minimum atomic E-state index is -4.61. The largest absolute Gasteiger partial charge is 0.493 e. The van der Waals surface area contributed by atoms with Gasteiger partial charge in [-0.3, -0.25) is 5.43 Å². The molecule has 0 amide bonds. The van der Waals surface area contributed by atoms with Crippen LogP contribution < -0.4 is 5.43 Å². The van der Waals surface area contributed by atoms with Crippen LogP contribution in [-0.4, -0.2) is 19.9 Å². The van der Waals surface area contributed by atoms with E-state index < -0.39 is 16.9 Å². The van der Waals surface area contributed by atoms with Crippen molar-refractivity contribution in [3.8, 4) is 11.8 Å². The molecule has 0 saturated carbocycles. The second kappa shape index (κ2) is 7.03. The predicted molar refractivity (Wildman–Crippen MR) is 88.9 cm³/mol. The number of rotatable bonds is 5. The quantitative estimate of drug-likeness (QED) is 0.658. The van der Waals surface area contributed by atoms with Gasteiger partial charge in [0.2, 0.25) is 11.8 Å². The minimum absolute atomic E-state index is 0.0472. The Morgan fingerprint density at radius 1 is 1.24 bits per heavy atom. The number of nitrogens with zero attached hydrogens (tertiary/aromatic N) is 2. The molecule has 2 heterocycles. The number of anilines is 1. The van der Waals surface area contributed by atoms with Crippen LogP contribution in [0.4, 0.5) is 19.0 Å². The molecule has 0 saturated heterocycles. The molecule has 0 aliphatic rings. The van der Waals surface area contributed by atoms with Crippen LogP contribution in [0.15, 0.2) is 12.1 Å². The monoisotopic (exact) mass is 377 g/mol. The van der Waals surface area contributed by atoms with Crippen LogP contribution in [0.1, 0.15) is 37.0 Å². The van der Waals surface area contributed by atoms with Gasteiger partial charge in [0, 0.05) is 11.1 Å². The van der Waals surface area contributed by atoms with Crippen molar-refractivity contribution in [3.05, 3.63) is 34.0 Å². The first kappa shape index (κ1) is 19.2. The summed E-state index contributed by atoms with van der Waals surface area (Å²) in [6, 6.07) is 1.85. The summed E-state index contributed by atoms with van der Waals surface area (Å²) in [6.45, 7) is 5.72. The summed E-state index contributed by atoms with van der Waals surface area (Å²) in [5.41, 5.74) is 2.56. The molecule has 0 spiro atoms. The topological polar surface area (TPSA) is 70.3 Å². The smallest absolute Gasteiger partial charge is 0.419 e. The minimum Gasteiger partial charge on any atom is -0.493 e. The Labute approximate surface area is 148 Å². The van der Waals surface area contributed by atoms with Crippen LogP contribution in [-0.2, 0) is 12.6 Å². The van der Waals surface area contributed by atoms with Crippen molar-refractivity contribution in [1.29, 1.82) is 0 Å². The Bertz CT molecular complexity index is 773. The molecular formula is C16H19ClF3N3O2. The summed E-state index contributed by atoms with van der Waals surface area (Å²) in [7, 11) is 0. The van der Waals surface area contributed by atoms with Gasteiger partial charge in [-0.1, -0.05) is 25.4 Å². The molecule has 2 aromatic rings. The first-order valence-electron chi connectivity index (χ1n) is 7.65. The van der Waals surface area contributed by atoms with Crippen LogP contribution in [0, 0.1) is 12.8 Å². The zero-order valence-electron chi connectivity index (χ0n) is 13.9. The number of aromatic nitrogens is 2. The van der Waals surface area contributed by atoms with E-state index in [1.54, 1.807) is 6.92 Å². The molecule has 0 radical (unpaired) electrons. The van der Waals surface area contributed by atoms with Gasteiger partial charge < -0.3 is 10.2 Å². The van der Waals surface area contributed by atoms with Crippen LogP contribution in [0.25, 0.3) is 0 Å². The van der Waals surface area contributed by atoms with Crippen molar-refractivity contribution in [2.45, 2.75) is 39.8 Å². The Hall–Kier alpha value is -2.09. The molecule has 2 rings (SSSR count). The Morgan fingerprint density at radius 3 is 2.40 bits per heavy atom. The maximum atomic E-state index is 12.7. The van der Waals surface area contributed by atoms with Gasteiger partial charge >= 0.3 is 6.18 Å². The second-order valence-electron chi connectivity index (χ2n) is 6.16. The highest BCUT2D eigenvalue weighted by Gasteiger charge is 2.34. The lowest BCUT2D eigenvalue weighted by molar-refractivity contribution is -0.137. The molecule has 0 aromatic carbocycles. The van der Waals surface area contributed by atoms with E-state index in [0.29, 0.717) is 23.5 Å². The zero-order valence-corrected chi connectivity index (χ0v) is 14.7. The molecule has 0 aliphatic heterocycles. The SMILES string of the molecule is Cc1c(CCC(C)C)c(O)n(Nc2ccc(C(F)(F)F)c(Cl)n2)c1O. The standard InChI is InChI=1S/C16H19ClF3N3O2/c1-8(2)4-5-10-9(3)14(24)23(15(10)25)22-12-7-6-11(13(17)21-12)16(18,19)20/h6-8,24-25H,4-5H2,1-3H3,(H,21,22). The first-order valence-corrected chi connectivity index (χ1v) is 8.03. The van der Waals surface area contributed by atoms with Crippen molar-refractivity contribution in [3.63, 3.8) is 0 Å². The molecule has 0 unspecified atom stereocenters. The second-order valence-corrected chi connectivity index (χ2v) is 6.52. The summed E-state index contributed by atoms with van der Waals surface area (Å²) in [6.07, 6.45) is -3.25. The Morgan fingerprint density at radius 2 is 1.88 bits per heavy atom. The van der Waals surface area contributed by atoms with Gasteiger partial charge in [-0.15, -0.1) is 0 Å². The fourth-order valence-electron chi connectivity index (χ4n) is 2.37. The molecule has 0 bridgehead atoms. The van der Waals surface area contributed by atoms with Crippen LogP contribution >= 0.6 is 11.6 Å². The number of nitrogens with one attached hydrogen (secondary N) is 1. The highest BCUT2D eigenvalue weighted by molar-refractivity contribution is 6.30. The molecule has 25 heavy (non-hydrogen) atoms. The average molecular weight is 378 g/mol. The molecule has 0 aliphatic carbocycles. The molecule has 9 heteroatoms. The lowest BCUT2D eigenvalue weighted by Crippen LogP contribution is -2.12. The van der Waals surface area contributed by atoms with E-state index in [0.717, 1.165) is 23.2 Å². The third-order valence-corrected chi connectivity index (χ3v) is 4.12. The molecule has 5 nitrogen and oxygen atoms in total. The molecule has 138 valence electrons. The highest BCUT2D eigenvalue weighted by Crippen LogP contribution is 2.36. The van der Waals surface area contributed by atoms with Gasteiger partial charge in [0.05, 0.1) is 5.56 Å². The van der Waals surface area contributed by atoms with Gasteiger partial charge in [0.15, 0.2) is 0 Å². The van der Waals surface area contributed by atoms with E-state index in [-0.39, 0.29) is 17.6 Å². The van der Waals surface area contributed by atoms with Crippen molar-refractivity contribution in [2.75, 3.05) is 5.43 Å². The van der Waals surface area contributed by atoms with Crippen molar-refractivity contribution in [2.24, 2.45) is 5.92 Å². The van der Waals surface area contributed by atoms with E-state index >= 15 is 0 Å². The lowest BCUT2D eigenvalue weighted by atomic mass is 10.0. The third kappa shape index (κ3) is 4.12. The lowest BCUT2D eigenvalue weighted by Gasteiger charge is -2.12. The first-order chi connectivity index (χ1) is 11.5. The molecule has 2 aromatic heterocycles. The number of pyridine rings is 1. The molecular weight excluding hydrogens is 359 g/mol. The predicted octanol–water partition coefficient (Wildman–Crippen LogP) is 4.74. The maximum Gasteiger partial charge on any atom is 0.419 e. The van der Waals surface area contributed by atoms with Gasteiger partial charge in [0.1, 0.15) is 11.0 Å².